The maximum atomic E-state index is 14.1. The predicted molar refractivity (Wildman–Crippen MR) is 150 cm³/mol. The van der Waals surface area contributed by atoms with Gasteiger partial charge in [0.2, 0.25) is 0 Å². The Morgan fingerprint density at radius 1 is 1.05 bits per heavy atom. The molecule has 4 aromatic rings. The summed E-state index contributed by atoms with van der Waals surface area (Å²) < 4.78 is 34.8. The molecule has 2 aromatic heterocycles. The number of likely N-dealkylation sites (tertiary alicyclic amines) is 1. The van der Waals surface area contributed by atoms with Gasteiger partial charge in [0, 0.05) is 61.7 Å². The van der Waals surface area contributed by atoms with Crippen molar-refractivity contribution in [3.05, 3.63) is 95.3 Å². The summed E-state index contributed by atoms with van der Waals surface area (Å²) in [5, 5.41) is 22.7. The number of pyridine rings is 1. The number of ether oxygens (including phenoxy) is 1. The first-order valence-electron chi connectivity index (χ1n) is 13.3. The number of nitrogens with zero attached hydrogens (tertiary/aromatic N) is 4. The molecule has 1 aliphatic heterocycles. The Morgan fingerprint density at radius 2 is 1.85 bits per heavy atom. The van der Waals surface area contributed by atoms with Crippen molar-refractivity contribution < 1.29 is 18.6 Å². The van der Waals surface area contributed by atoms with Crippen molar-refractivity contribution in [2.75, 3.05) is 38.7 Å². The molecule has 0 aliphatic carbocycles. The van der Waals surface area contributed by atoms with Crippen LogP contribution in [-0.2, 0) is 4.74 Å². The average molecular weight is 549 g/mol. The second-order valence-electron chi connectivity index (χ2n) is 10.1. The van der Waals surface area contributed by atoms with Crippen LogP contribution in [0.3, 0.4) is 0 Å². The number of aliphatic hydroxyl groups excluding tert-OH is 1. The molecule has 210 valence electrons. The fourth-order valence-electron chi connectivity index (χ4n) is 5.32. The summed E-state index contributed by atoms with van der Waals surface area (Å²) in [7, 11) is 1.64. The lowest BCUT2D eigenvalue weighted by atomic mass is 9.94. The summed E-state index contributed by atoms with van der Waals surface area (Å²) in [5.41, 5.74) is 4.87. The lowest BCUT2D eigenvalue weighted by Gasteiger charge is -2.25. The van der Waals surface area contributed by atoms with E-state index in [0.717, 1.165) is 34.3 Å². The van der Waals surface area contributed by atoms with Crippen molar-refractivity contribution in [1.82, 2.24) is 25.0 Å². The van der Waals surface area contributed by atoms with Crippen LogP contribution in [0.5, 0.6) is 0 Å². The van der Waals surface area contributed by atoms with Crippen LogP contribution in [0.15, 0.2) is 66.9 Å². The van der Waals surface area contributed by atoms with Gasteiger partial charge in [-0.2, -0.15) is 5.10 Å². The van der Waals surface area contributed by atoms with Crippen LogP contribution in [0.4, 0.5) is 14.6 Å². The van der Waals surface area contributed by atoms with Crippen LogP contribution in [0.2, 0.25) is 0 Å². The first-order valence-corrected chi connectivity index (χ1v) is 13.3. The van der Waals surface area contributed by atoms with Crippen molar-refractivity contribution in [1.29, 1.82) is 0 Å². The van der Waals surface area contributed by atoms with Crippen LogP contribution >= 0.6 is 0 Å². The number of para-hydroxylation sites is 1. The van der Waals surface area contributed by atoms with E-state index in [1.165, 1.54) is 6.07 Å². The number of aromatic nitrogens is 3. The van der Waals surface area contributed by atoms with Gasteiger partial charge in [-0.15, -0.1) is 0 Å². The third-order valence-electron chi connectivity index (χ3n) is 7.41. The van der Waals surface area contributed by atoms with Crippen LogP contribution < -0.4 is 10.6 Å². The number of methoxy groups -OCH3 is 1. The van der Waals surface area contributed by atoms with Crippen molar-refractivity contribution >= 4 is 5.82 Å². The molecular weight excluding hydrogens is 514 g/mol. The largest absolute Gasteiger partial charge is 0.383 e. The van der Waals surface area contributed by atoms with E-state index in [0.29, 0.717) is 37.6 Å². The summed E-state index contributed by atoms with van der Waals surface area (Å²) in [4.78, 5) is 6.60. The Hall–Kier alpha value is -3.70. The molecule has 0 amide bonds. The molecule has 5 rings (SSSR count). The van der Waals surface area contributed by atoms with Gasteiger partial charge < -0.3 is 15.2 Å². The van der Waals surface area contributed by atoms with E-state index in [-0.39, 0.29) is 12.0 Å². The van der Waals surface area contributed by atoms with E-state index in [9.17, 15) is 13.9 Å². The predicted octanol–water partition coefficient (Wildman–Crippen LogP) is 4.22. The quantitative estimate of drug-likeness (QED) is 0.256. The maximum absolute atomic E-state index is 14.1. The highest BCUT2D eigenvalue weighted by molar-refractivity contribution is 5.71. The highest BCUT2D eigenvalue weighted by atomic mass is 19.2. The van der Waals surface area contributed by atoms with Gasteiger partial charge in [-0.3, -0.25) is 15.2 Å². The fourth-order valence-corrected chi connectivity index (χ4v) is 5.32. The zero-order valence-corrected chi connectivity index (χ0v) is 22.8. The molecule has 8 nitrogen and oxygen atoms in total. The number of benzene rings is 2. The summed E-state index contributed by atoms with van der Waals surface area (Å²) in [6.07, 6.45) is 0.594. The normalized spacial score (nSPS) is 18.2. The minimum absolute atomic E-state index is 0.169. The molecular formula is C30H34F2N6O2. The lowest BCUT2D eigenvalue weighted by molar-refractivity contribution is 0.139. The van der Waals surface area contributed by atoms with Crippen molar-refractivity contribution in [2.24, 2.45) is 0 Å². The Morgan fingerprint density at radius 3 is 2.58 bits per heavy atom. The molecule has 0 spiro atoms. The van der Waals surface area contributed by atoms with Crippen molar-refractivity contribution in [2.45, 2.75) is 32.2 Å². The Balaban J connectivity index is 1.43. The number of nitrogens with one attached hydrogen (secondary N) is 2. The zero-order chi connectivity index (χ0) is 28.2. The van der Waals surface area contributed by atoms with Gasteiger partial charge in [-0.1, -0.05) is 24.3 Å². The van der Waals surface area contributed by atoms with Crippen LogP contribution in [0, 0.1) is 25.5 Å². The second kappa shape index (κ2) is 12.2. The monoisotopic (exact) mass is 548 g/mol. The van der Waals surface area contributed by atoms with Gasteiger partial charge in [0.05, 0.1) is 18.0 Å². The molecule has 0 radical (unpaired) electrons. The Kier molecular flexibility index (Phi) is 8.51. The van der Waals surface area contributed by atoms with Crippen LogP contribution in [0.1, 0.15) is 22.7 Å². The second-order valence-corrected chi connectivity index (χ2v) is 10.1. The third-order valence-corrected chi connectivity index (χ3v) is 7.41. The smallest absolute Gasteiger partial charge is 0.182 e. The van der Waals surface area contributed by atoms with Crippen LogP contribution in [0.25, 0.3) is 16.9 Å². The molecule has 3 N–H and O–H groups in total. The highest BCUT2D eigenvalue weighted by Crippen LogP contribution is 2.33. The van der Waals surface area contributed by atoms with E-state index in [2.05, 4.69) is 20.5 Å². The Labute approximate surface area is 232 Å². The van der Waals surface area contributed by atoms with Crippen LogP contribution in [-0.4, -0.2) is 70.5 Å². The first kappa shape index (κ1) is 27.9. The number of hydrogen-bond acceptors (Lipinski definition) is 7. The number of halogens is 2. The third kappa shape index (κ3) is 5.90. The van der Waals surface area contributed by atoms with E-state index in [1.807, 2.05) is 56.3 Å². The molecule has 3 atom stereocenters. The topological polar surface area (TPSA) is 87.5 Å². The number of aryl methyl sites for hydroxylation is 1. The lowest BCUT2D eigenvalue weighted by Crippen LogP contribution is -2.46. The molecule has 40 heavy (non-hydrogen) atoms. The number of anilines is 1. The van der Waals surface area contributed by atoms with E-state index in [4.69, 9.17) is 9.84 Å². The molecule has 1 saturated heterocycles. The molecule has 3 heterocycles. The van der Waals surface area contributed by atoms with Gasteiger partial charge in [0.15, 0.2) is 18.0 Å². The summed E-state index contributed by atoms with van der Waals surface area (Å²) in [6.45, 7) is 6.34. The van der Waals surface area contributed by atoms with Gasteiger partial charge in [0.1, 0.15) is 5.82 Å². The maximum Gasteiger partial charge on any atom is 0.182 e. The summed E-state index contributed by atoms with van der Waals surface area (Å²) >= 11 is 0. The number of rotatable bonds is 10. The average Bonchev–Trinajstić information content (AvgIpc) is 3.50. The molecule has 0 bridgehead atoms. The summed E-state index contributed by atoms with van der Waals surface area (Å²) in [5.74, 6) is -1.31. The summed E-state index contributed by atoms with van der Waals surface area (Å²) in [6, 6.07) is 17.3. The Bertz CT molecular complexity index is 1450. The zero-order valence-electron chi connectivity index (χ0n) is 22.8. The first-order chi connectivity index (χ1) is 19.4. The number of aliphatic hydroxyl groups is 1. The van der Waals surface area contributed by atoms with Gasteiger partial charge >= 0.3 is 0 Å². The molecule has 0 saturated carbocycles. The molecule has 2 aromatic carbocycles. The van der Waals surface area contributed by atoms with E-state index in [1.54, 1.807) is 24.1 Å². The molecule has 1 fully saturated rings. The van der Waals surface area contributed by atoms with Crippen molar-refractivity contribution in [3.63, 3.8) is 0 Å². The van der Waals surface area contributed by atoms with E-state index < -0.39 is 18.0 Å². The SMILES string of the molecule is COCCN1C[C@@H](NC(O)Nc2c(C)c(-c3cccnc3C)nn2-c2ccccc2)[C@H](c2ccc(F)c(F)c2)C1. The standard InChI is InChI=1S/C30H34F2N6O2/c1-19-28(23-10-7-13-33-20(23)2)36-38(22-8-5-4-6-9-22)29(19)35-30(39)34-27-18-37(14-15-40-3)17-24(27)21-11-12-25(31)26(32)16-21/h4-13,16,24,27,30,34-35,39H,14-15,17-18H2,1-3H3/t24-,27+,30?/m0/s1. The van der Waals surface area contributed by atoms with Gasteiger partial charge in [-0.25, -0.2) is 13.5 Å². The molecule has 1 aliphatic rings. The highest BCUT2D eigenvalue weighted by Gasteiger charge is 2.35. The van der Waals surface area contributed by atoms with Gasteiger partial charge in [0.25, 0.3) is 0 Å². The minimum atomic E-state index is -1.15. The molecule has 1 unspecified atom stereocenters. The molecule has 10 heteroatoms. The van der Waals surface area contributed by atoms with E-state index >= 15 is 0 Å². The fraction of sp³-hybridized carbons (Fsp3) is 0.333. The number of hydrogen-bond donors (Lipinski definition) is 3. The minimum Gasteiger partial charge on any atom is -0.383 e. The van der Waals surface area contributed by atoms with Crippen molar-refractivity contribution in [3.8, 4) is 16.9 Å². The van der Waals surface area contributed by atoms with Gasteiger partial charge in [-0.05, 0) is 55.8 Å².